The van der Waals surface area contributed by atoms with Gasteiger partial charge in [0.2, 0.25) is 5.91 Å². The Kier molecular flexibility index (Phi) is 3.55. The lowest BCUT2D eigenvalue weighted by atomic mass is 9.82. The minimum Gasteiger partial charge on any atom is -0.341 e. The second kappa shape index (κ2) is 4.79. The van der Waals surface area contributed by atoms with Gasteiger partial charge < -0.3 is 4.90 Å². The Hall–Kier alpha value is -0.860. The molecule has 0 radical (unpaired) electrons. The largest absolute Gasteiger partial charge is 0.341 e. The van der Waals surface area contributed by atoms with E-state index in [-0.39, 0.29) is 11.3 Å². The zero-order chi connectivity index (χ0) is 12.5. The first-order valence-corrected chi connectivity index (χ1v) is 6.80. The maximum atomic E-state index is 12.2. The summed E-state index contributed by atoms with van der Waals surface area (Å²) in [4.78, 5) is 25.8. The van der Waals surface area contributed by atoms with Crippen LogP contribution in [-0.2, 0) is 9.59 Å². The number of hydrogen-bond acceptors (Lipinski definition) is 2. The zero-order valence-corrected chi connectivity index (χ0v) is 11.0. The van der Waals surface area contributed by atoms with Crippen molar-refractivity contribution in [2.75, 3.05) is 13.1 Å². The van der Waals surface area contributed by atoms with Crippen molar-refractivity contribution >= 4 is 11.7 Å². The highest BCUT2D eigenvalue weighted by atomic mass is 16.2. The maximum Gasteiger partial charge on any atom is 0.222 e. The Morgan fingerprint density at radius 3 is 2.59 bits per heavy atom. The van der Waals surface area contributed by atoms with Crippen LogP contribution in [0.3, 0.4) is 0 Å². The minimum absolute atomic E-state index is 0.262. The molecular weight excluding hydrogens is 214 g/mol. The van der Waals surface area contributed by atoms with Gasteiger partial charge in [-0.25, -0.2) is 0 Å². The topological polar surface area (TPSA) is 37.4 Å². The number of nitrogens with zero attached hydrogens (tertiary/aromatic N) is 1. The summed E-state index contributed by atoms with van der Waals surface area (Å²) in [7, 11) is 0. The molecule has 0 aromatic carbocycles. The van der Waals surface area contributed by atoms with Crippen LogP contribution >= 0.6 is 0 Å². The predicted molar refractivity (Wildman–Crippen MR) is 66.6 cm³/mol. The molecule has 2 fully saturated rings. The van der Waals surface area contributed by atoms with E-state index in [0.717, 1.165) is 0 Å². The number of rotatable bonds is 2. The summed E-state index contributed by atoms with van der Waals surface area (Å²) in [5.74, 6) is 1.16. The van der Waals surface area contributed by atoms with Gasteiger partial charge in [0.25, 0.3) is 0 Å². The molecule has 0 atom stereocenters. The molecule has 0 unspecified atom stereocenters. The smallest absolute Gasteiger partial charge is 0.222 e. The number of carbonyl (C=O) groups excluding carboxylic acids is 2. The Morgan fingerprint density at radius 2 is 2.00 bits per heavy atom. The Morgan fingerprint density at radius 1 is 1.35 bits per heavy atom. The number of carbonyl (C=O) groups is 2. The van der Waals surface area contributed by atoms with Crippen molar-refractivity contribution < 1.29 is 9.59 Å². The lowest BCUT2D eigenvalue weighted by Crippen LogP contribution is -2.48. The molecule has 1 saturated heterocycles. The molecule has 17 heavy (non-hydrogen) atoms. The van der Waals surface area contributed by atoms with Crippen LogP contribution in [0.2, 0.25) is 0 Å². The van der Waals surface area contributed by atoms with Crippen LogP contribution < -0.4 is 0 Å². The summed E-state index contributed by atoms with van der Waals surface area (Å²) in [5.41, 5.74) is -0.344. The van der Waals surface area contributed by atoms with E-state index in [1.165, 1.54) is 25.7 Å². The molecule has 0 bridgehead atoms. The van der Waals surface area contributed by atoms with Crippen molar-refractivity contribution in [2.45, 2.75) is 52.4 Å². The van der Waals surface area contributed by atoms with Gasteiger partial charge >= 0.3 is 0 Å². The molecule has 3 heteroatoms. The van der Waals surface area contributed by atoms with Crippen LogP contribution in [0.4, 0.5) is 0 Å². The second-order valence-corrected chi connectivity index (χ2v) is 6.23. The Labute approximate surface area is 104 Å². The average Bonchev–Trinajstić information content (AvgIpc) is 2.74. The van der Waals surface area contributed by atoms with Crippen LogP contribution in [0.15, 0.2) is 0 Å². The number of likely N-dealkylation sites (tertiary alicyclic amines) is 1. The standard InChI is InChI=1S/C14H23NO2/c1-14(2)10-15(8-7-12(14)16)13(17)9-11-5-3-4-6-11/h11H,3-10H2,1-2H3. The summed E-state index contributed by atoms with van der Waals surface area (Å²) in [5, 5.41) is 0. The second-order valence-electron chi connectivity index (χ2n) is 6.23. The van der Waals surface area contributed by atoms with Gasteiger partial charge in [0.1, 0.15) is 5.78 Å². The van der Waals surface area contributed by atoms with E-state index < -0.39 is 0 Å². The molecule has 1 amide bonds. The highest BCUT2D eigenvalue weighted by molar-refractivity contribution is 5.87. The summed E-state index contributed by atoms with van der Waals surface area (Å²) in [6, 6.07) is 0. The number of Topliss-reactive ketones (excluding diaryl/α,β-unsaturated/α-hetero) is 1. The number of piperidine rings is 1. The van der Waals surface area contributed by atoms with Crippen LogP contribution in [0.25, 0.3) is 0 Å². The first-order valence-electron chi connectivity index (χ1n) is 6.80. The lowest BCUT2D eigenvalue weighted by molar-refractivity contribution is -0.141. The van der Waals surface area contributed by atoms with Crippen molar-refractivity contribution in [1.82, 2.24) is 4.90 Å². The third-order valence-electron chi connectivity index (χ3n) is 4.24. The van der Waals surface area contributed by atoms with Crippen molar-refractivity contribution in [3.8, 4) is 0 Å². The van der Waals surface area contributed by atoms with E-state index in [1.54, 1.807) is 0 Å². The molecule has 1 saturated carbocycles. The molecule has 1 aliphatic heterocycles. The van der Waals surface area contributed by atoms with Crippen LogP contribution in [0, 0.1) is 11.3 Å². The molecule has 0 N–H and O–H groups in total. The van der Waals surface area contributed by atoms with Crippen molar-refractivity contribution in [3.63, 3.8) is 0 Å². The average molecular weight is 237 g/mol. The van der Waals surface area contributed by atoms with Gasteiger partial charge in [-0.2, -0.15) is 0 Å². The summed E-state index contributed by atoms with van der Waals surface area (Å²) in [6.45, 7) is 5.14. The van der Waals surface area contributed by atoms with Crippen molar-refractivity contribution in [1.29, 1.82) is 0 Å². The molecule has 1 heterocycles. The highest BCUT2D eigenvalue weighted by Gasteiger charge is 2.36. The van der Waals surface area contributed by atoms with E-state index >= 15 is 0 Å². The first kappa shape index (κ1) is 12.6. The van der Waals surface area contributed by atoms with Gasteiger partial charge in [0, 0.05) is 31.3 Å². The molecule has 0 aromatic heterocycles. The Balaban J connectivity index is 1.89. The van der Waals surface area contributed by atoms with Crippen LogP contribution in [0.5, 0.6) is 0 Å². The molecule has 0 spiro atoms. The van der Waals surface area contributed by atoms with Gasteiger partial charge in [0.15, 0.2) is 0 Å². The molecule has 2 aliphatic rings. The van der Waals surface area contributed by atoms with Crippen molar-refractivity contribution in [3.05, 3.63) is 0 Å². The van der Waals surface area contributed by atoms with Crippen LogP contribution in [0.1, 0.15) is 52.4 Å². The van der Waals surface area contributed by atoms with Gasteiger partial charge in [-0.05, 0) is 18.8 Å². The fourth-order valence-corrected chi connectivity index (χ4v) is 3.02. The molecule has 96 valence electrons. The van der Waals surface area contributed by atoms with E-state index in [4.69, 9.17) is 0 Å². The predicted octanol–water partition coefficient (Wildman–Crippen LogP) is 2.39. The van der Waals surface area contributed by atoms with E-state index in [9.17, 15) is 9.59 Å². The monoisotopic (exact) mass is 237 g/mol. The molecule has 3 nitrogen and oxygen atoms in total. The molecule has 0 aromatic rings. The summed E-state index contributed by atoms with van der Waals surface area (Å²) >= 11 is 0. The van der Waals surface area contributed by atoms with Gasteiger partial charge in [0.05, 0.1) is 0 Å². The summed E-state index contributed by atoms with van der Waals surface area (Å²) < 4.78 is 0. The SMILES string of the molecule is CC1(C)CN(C(=O)CC2CCCC2)CCC1=O. The highest BCUT2D eigenvalue weighted by Crippen LogP contribution is 2.30. The third-order valence-corrected chi connectivity index (χ3v) is 4.24. The van der Waals surface area contributed by atoms with E-state index in [1.807, 2.05) is 18.7 Å². The summed E-state index contributed by atoms with van der Waals surface area (Å²) in [6.07, 6.45) is 6.21. The third kappa shape index (κ3) is 2.88. The lowest BCUT2D eigenvalue weighted by Gasteiger charge is -2.37. The quantitative estimate of drug-likeness (QED) is 0.739. The van der Waals surface area contributed by atoms with Crippen molar-refractivity contribution in [2.24, 2.45) is 11.3 Å². The fraction of sp³-hybridized carbons (Fsp3) is 0.857. The van der Waals surface area contributed by atoms with Gasteiger partial charge in [-0.3, -0.25) is 9.59 Å². The van der Waals surface area contributed by atoms with E-state index in [0.29, 0.717) is 37.6 Å². The molecular formula is C14H23NO2. The number of hydrogen-bond donors (Lipinski definition) is 0. The zero-order valence-electron chi connectivity index (χ0n) is 11.0. The fourth-order valence-electron chi connectivity index (χ4n) is 3.02. The van der Waals surface area contributed by atoms with Crippen LogP contribution in [-0.4, -0.2) is 29.7 Å². The number of ketones is 1. The normalized spacial score (nSPS) is 25.3. The first-order chi connectivity index (χ1) is 7.99. The van der Waals surface area contributed by atoms with Gasteiger partial charge in [-0.1, -0.05) is 26.7 Å². The van der Waals surface area contributed by atoms with E-state index in [2.05, 4.69) is 0 Å². The van der Waals surface area contributed by atoms with Gasteiger partial charge in [-0.15, -0.1) is 0 Å². The maximum absolute atomic E-state index is 12.2. The number of amides is 1. The minimum atomic E-state index is -0.344. The Bertz CT molecular complexity index is 316. The molecule has 2 rings (SSSR count). The molecule has 1 aliphatic carbocycles.